The van der Waals surface area contributed by atoms with Gasteiger partial charge in [0.25, 0.3) is 0 Å². The Kier molecular flexibility index (Phi) is 6.38. The number of unbranched alkanes of at least 4 members (excludes halogenated alkanes) is 1. The smallest absolute Gasteiger partial charge is 0.227 e. The fourth-order valence-electron chi connectivity index (χ4n) is 1.90. The largest absolute Gasteiger partial charge is 0.326 e. The van der Waals surface area contributed by atoms with E-state index in [1.54, 1.807) is 18.2 Å². The normalized spacial score (nSPS) is 11.7. The van der Waals surface area contributed by atoms with Crippen molar-refractivity contribution in [3.05, 3.63) is 28.8 Å². The number of hydrogen-bond acceptors (Lipinski definition) is 2. The van der Waals surface area contributed by atoms with Crippen LogP contribution in [0.25, 0.3) is 0 Å². The first-order valence-corrected chi connectivity index (χ1v) is 7.00. The van der Waals surface area contributed by atoms with Crippen molar-refractivity contribution < 1.29 is 4.79 Å². The number of benzene rings is 1. The molecule has 0 aliphatic heterocycles. The molecule has 0 saturated heterocycles. The van der Waals surface area contributed by atoms with Crippen molar-refractivity contribution >= 4 is 23.2 Å². The molecule has 0 aromatic heterocycles. The molecule has 1 rings (SSSR count). The van der Waals surface area contributed by atoms with E-state index in [4.69, 9.17) is 16.9 Å². The predicted octanol–water partition coefficient (Wildman–Crippen LogP) is 4.37. The quantitative estimate of drug-likeness (QED) is 0.840. The predicted molar refractivity (Wildman–Crippen MR) is 78.1 cm³/mol. The van der Waals surface area contributed by atoms with Gasteiger partial charge in [-0.3, -0.25) is 4.79 Å². The molecular formula is C15H19ClN2O. The van der Waals surface area contributed by atoms with Crippen molar-refractivity contribution in [1.82, 2.24) is 0 Å². The van der Waals surface area contributed by atoms with Crippen LogP contribution in [-0.4, -0.2) is 5.91 Å². The molecule has 102 valence electrons. The maximum absolute atomic E-state index is 12.1. The third-order valence-corrected chi connectivity index (χ3v) is 3.44. The molecule has 0 aliphatic rings. The van der Waals surface area contributed by atoms with E-state index in [9.17, 15) is 4.79 Å². The summed E-state index contributed by atoms with van der Waals surface area (Å²) < 4.78 is 0. The van der Waals surface area contributed by atoms with Crippen LogP contribution >= 0.6 is 11.6 Å². The minimum Gasteiger partial charge on any atom is -0.326 e. The average Bonchev–Trinajstić information content (AvgIpc) is 2.40. The molecule has 0 fully saturated rings. The van der Waals surface area contributed by atoms with E-state index in [0.717, 1.165) is 25.7 Å². The molecule has 3 nitrogen and oxygen atoms in total. The summed E-state index contributed by atoms with van der Waals surface area (Å²) in [5.41, 5.74) is 1.06. The number of nitrogens with zero attached hydrogens (tertiary/aromatic N) is 1. The van der Waals surface area contributed by atoms with Gasteiger partial charge in [0.1, 0.15) is 6.07 Å². The number of halogens is 1. The highest BCUT2D eigenvalue weighted by Crippen LogP contribution is 2.22. The Morgan fingerprint density at radius 2 is 2.21 bits per heavy atom. The molecule has 0 aliphatic carbocycles. The van der Waals surface area contributed by atoms with Gasteiger partial charge in [-0.05, 0) is 31.0 Å². The van der Waals surface area contributed by atoms with E-state index < -0.39 is 0 Å². The zero-order valence-electron chi connectivity index (χ0n) is 11.4. The molecule has 19 heavy (non-hydrogen) atoms. The van der Waals surface area contributed by atoms with Crippen LogP contribution in [0.4, 0.5) is 5.69 Å². The van der Waals surface area contributed by atoms with E-state index in [1.807, 2.05) is 13.0 Å². The molecule has 1 aromatic rings. The van der Waals surface area contributed by atoms with E-state index in [0.29, 0.717) is 16.3 Å². The van der Waals surface area contributed by atoms with Crippen molar-refractivity contribution in [1.29, 1.82) is 5.26 Å². The van der Waals surface area contributed by atoms with Gasteiger partial charge in [-0.25, -0.2) is 0 Å². The van der Waals surface area contributed by atoms with Crippen LogP contribution in [0.1, 0.15) is 45.1 Å². The van der Waals surface area contributed by atoms with Crippen LogP contribution < -0.4 is 5.32 Å². The highest BCUT2D eigenvalue weighted by molar-refractivity contribution is 6.32. The van der Waals surface area contributed by atoms with Gasteiger partial charge in [0.2, 0.25) is 5.91 Å². The van der Waals surface area contributed by atoms with Gasteiger partial charge in [-0.2, -0.15) is 5.26 Å². The Labute approximate surface area is 119 Å². The lowest BCUT2D eigenvalue weighted by molar-refractivity contribution is -0.120. The third-order valence-electron chi connectivity index (χ3n) is 3.13. The van der Waals surface area contributed by atoms with Crippen LogP contribution in [0.5, 0.6) is 0 Å². The molecule has 1 aromatic carbocycles. The highest BCUT2D eigenvalue weighted by Gasteiger charge is 2.16. The van der Waals surface area contributed by atoms with Crippen molar-refractivity contribution in [2.45, 2.75) is 39.5 Å². The number of nitriles is 1. The van der Waals surface area contributed by atoms with Gasteiger partial charge in [-0.15, -0.1) is 0 Å². The summed E-state index contributed by atoms with van der Waals surface area (Å²) in [5, 5.41) is 12.0. The average molecular weight is 279 g/mol. The van der Waals surface area contributed by atoms with Gasteiger partial charge < -0.3 is 5.32 Å². The van der Waals surface area contributed by atoms with Crippen LogP contribution in [0.15, 0.2) is 18.2 Å². The van der Waals surface area contributed by atoms with Gasteiger partial charge in [0, 0.05) is 11.6 Å². The van der Waals surface area contributed by atoms with Crippen molar-refractivity contribution in [3.8, 4) is 6.07 Å². The molecule has 0 spiro atoms. The van der Waals surface area contributed by atoms with Gasteiger partial charge in [0.15, 0.2) is 0 Å². The van der Waals surface area contributed by atoms with Gasteiger partial charge in [0.05, 0.1) is 10.6 Å². The van der Waals surface area contributed by atoms with Crippen LogP contribution in [0, 0.1) is 17.2 Å². The molecule has 4 heteroatoms. The van der Waals surface area contributed by atoms with E-state index in [-0.39, 0.29) is 11.8 Å². The Morgan fingerprint density at radius 1 is 1.47 bits per heavy atom. The Bertz CT molecular complexity index is 480. The SMILES string of the molecule is CCCCC(CC)C(=O)Nc1ccc(C#N)c(Cl)c1. The minimum absolute atomic E-state index is 0.0247. The molecule has 0 bridgehead atoms. The summed E-state index contributed by atoms with van der Waals surface area (Å²) in [7, 11) is 0. The second-order valence-electron chi connectivity index (χ2n) is 4.54. The monoisotopic (exact) mass is 278 g/mol. The Hall–Kier alpha value is -1.53. The number of rotatable bonds is 6. The summed E-state index contributed by atoms with van der Waals surface area (Å²) in [6.07, 6.45) is 3.88. The number of carbonyl (C=O) groups excluding carboxylic acids is 1. The second-order valence-corrected chi connectivity index (χ2v) is 4.95. The molecule has 1 unspecified atom stereocenters. The number of nitrogens with one attached hydrogen (secondary N) is 1. The summed E-state index contributed by atoms with van der Waals surface area (Å²) >= 11 is 5.94. The maximum Gasteiger partial charge on any atom is 0.227 e. The van der Waals surface area contributed by atoms with Crippen molar-refractivity contribution in [3.63, 3.8) is 0 Å². The van der Waals surface area contributed by atoms with E-state index in [1.165, 1.54) is 0 Å². The number of hydrogen-bond donors (Lipinski definition) is 1. The Balaban J connectivity index is 2.70. The summed E-state index contributed by atoms with van der Waals surface area (Å²) in [4.78, 5) is 12.1. The number of carbonyl (C=O) groups is 1. The lowest BCUT2D eigenvalue weighted by Crippen LogP contribution is -2.22. The second kappa shape index (κ2) is 7.81. The molecule has 1 amide bonds. The minimum atomic E-state index is 0.0247. The van der Waals surface area contributed by atoms with E-state index in [2.05, 4.69) is 12.2 Å². The molecule has 0 saturated carbocycles. The number of anilines is 1. The molecule has 1 atom stereocenters. The number of amides is 1. The summed E-state index contributed by atoms with van der Waals surface area (Å²) in [6.45, 7) is 4.14. The lowest BCUT2D eigenvalue weighted by Gasteiger charge is -2.14. The van der Waals surface area contributed by atoms with E-state index >= 15 is 0 Å². The fraction of sp³-hybridized carbons (Fsp3) is 0.467. The standard InChI is InChI=1S/C15H19ClN2O/c1-3-5-6-11(4-2)15(19)18-13-8-7-12(10-17)14(16)9-13/h7-9,11H,3-6H2,1-2H3,(H,18,19). The summed E-state index contributed by atoms with van der Waals surface area (Å²) in [5.74, 6) is 0.0612. The maximum atomic E-state index is 12.1. The zero-order chi connectivity index (χ0) is 14.3. The van der Waals surface area contributed by atoms with Gasteiger partial charge in [-0.1, -0.05) is 38.3 Å². The molecule has 1 N–H and O–H groups in total. The van der Waals surface area contributed by atoms with Crippen LogP contribution in [-0.2, 0) is 4.79 Å². The molecular weight excluding hydrogens is 260 g/mol. The van der Waals surface area contributed by atoms with Crippen molar-refractivity contribution in [2.24, 2.45) is 5.92 Å². The molecule has 0 radical (unpaired) electrons. The van der Waals surface area contributed by atoms with Crippen LogP contribution in [0.2, 0.25) is 5.02 Å². The van der Waals surface area contributed by atoms with Gasteiger partial charge >= 0.3 is 0 Å². The van der Waals surface area contributed by atoms with Crippen LogP contribution in [0.3, 0.4) is 0 Å². The molecule has 0 heterocycles. The lowest BCUT2D eigenvalue weighted by atomic mass is 9.98. The first-order chi connectivity index (χ1) is 9.12. The first kappa shape index (κ1) is 15.5. The summed E-state index contributed by atoms with van der Waals surface area (Å²) in [6, 6.07) is 6.93. The van der Waals surface area contributed by atoms with Crippen molar-refractivity contribution in [2.75, 3.05) is 5.32 Å². The topological polar surface area (TPSA) is 52.9 Å². The third kappa shape index (κ3) is 4.57. The zero-order valence-corrected chi connectivity index (χ0v) is 12.1. The fourth-order valence-corrected chi connectivity index (χ4v) is 2.12. The first-order valence-electron chi connectivity index (χ1n) is 6.62. The Morgan fingerprint density at radius 3 is 2.74 bits per heavy atom. The highest BCUT2D eigenvalue weighted by atomic mass is 35.5.